The van der Waals surface area contributed by atoms with Crippen LogP contribution in [0.3, 0.4) is 0 Å². The summed E-state index contributed by atoms with van der Waals surface area (Å²) in [5.41, 5.74) is 2.17. The molecule has 1 aliphatic rings. The Labute approximate surface area is 217 Å². The van der Waals surface area contributed by atoms with Gasteiger partial charge in [-0.15, -0.1) is 0 Å². The van der Waals surface area contributed by atoms with Crippen molar-refractivity contribution in [2.45, 2.75) is 25.4 Å². The number of hydrogen-bond acceptors (Lipinski definition) is 4. The maximum atomic E-state index is 15.0. The maximum Gasteiger partial charge on any atom is 0.323 e. The summed E-state index contributed by atoms with van der Waals surface area (Å²) in [6.07, 6.45) is 3.08. The minimum Gasteiger partial charge on any atom is -0.310 e. The highest BCUT2D eigenvalue weighted by molar-refractivity contribution is 6.30. The number of Topliss-reactive ketones (excluding diaryl/α,β-unsaturated/α-hetero) is 1. The van der Waals surface area contributed by atoms with Crippen molar-refractivity contribution in [3.05, 3.63) is 123 Å². The lowest BCUT2D eigenvalue weighted by atomic mass is 9.90. The van der Waals surface area contributed by atoms with E-state index in [0.29, 0.717) is 22.9 Å². The molecule has 2 aromatic heterocycles. The fourth-order valence-corrected chi connectivity index (χ4v) is 4.54. The molecule has 0 aliphatic carbocycles. The van der Waals surface area contributed by atoms with Gasteiger partial charge in [-0.25, -0.2) is 14.2 Å². The second-order valence-corrected chi connectivity index (χ2v) is 9.17. The number of carbonyl (C=O) groups is 2. The third-order valence-electron chi connectivity index (χ3n) is 6.35. The molecule has 1 N–H and O–H groups in total. The van der Waals surface area contributed by atoms with Crippen LogP contribution < -0.4 is 10.9 Å². The van der Waals surface area contributed by atoms with Crippen LogP contribution in [0.1, 0.15) is 16.7 Å². The average Bonchev–Trinajstić information content (AvgIpc) is 2.90. The molecule has 1 aliphatic heterocycles. The van der Waals surface area contributed by atoms with E-state index < -0.39 is 17.9 Å². The van der Waals surface area contributed by atoms with E-state index in [2.05, 4.69) is 10.3 Å². The number of anilines is 1. The average molecular weight is 517 g/mol. The Bertz CT molecular complexity index is 1540. The van der Waals surface area contributed by atoms with Crippen molar-refractivity contribution in [1.82, 2.24) is 14.5 Å². The number of fused-ring (bicyclic) bond motifs is 1. The fraction of sp³-hybridized carbons (Fsp3) is 0.143. The van der Waals surface area contributed by atoms with E-state index in [-0.39, 0.29) is 29.9 Å². The SMILES string of the molecule is O=C(Cc1ccc(-n2ccccc2=O)cc1F)[C@H]1Cc2ccccc2CN1C(=O)Nc1ccc(Cl)cn1. The lowest BCUT2D eigenvalue weighted by Crippen LogP contribution is -2.50. The van der Waals surface area contributed by atoms with E-state index in [1.54, 1.807) is 36.5 Å². The van der Waals surface area contributed by atoms with Crippen molar-refractivity contribution in [2.75, 3.05) is 5.32 Å². The third-order valence-corrected chi connectivity index (χ3v) is 6.57. The van der Waals surface area contributed by atoms with Crippen molar-refractivity contribution in [3.63, 3.8) is 0 Å². The number of carbonyl (C=O) groups excluding carboxylic acids is 2. The zero-order valence-corrected chi connectivity index (χ0v) is 20.4. The number of ketones is 1. The highest BCUT2D eigenvalue weighted by atomic mass is 35.5. The topological polar surface area (TPSA) is 84.3 Å². The molecule has 5 rings (SSSR count). The summed E-state index contributed by atoms with van der Waals surface area (Å²) in [6, 6.07) is 18.5. The molecule has 1 atom stereocenters. The Morgan fingerprint density at radius 1 is 1.03 bits per heavy atom. The highest BCUT2D eigenvalue weighted by Crippen LogP contribution is 2.26. The van der Waals surface area contributed by atoms with Gasteiger partial charge in [0.1, 0.15) is 11.6 Å². The van der Waals surface area contributed by atoms with Gasteiger partial charge in [0.2, 0.25) is 0 Å². The number of halogens is 2. The first-order valence-corrected chi connectivity index (χ1v) is 12.0. The van der Waals surface area contributed by atoms with Gasteiger partial charge < -0.3 is 4.90 Å². The third kappa shape index (κ3) is 5.29. The van der Waals surface area contributed by atoms with Gasteiger partial charge in [0.15, 0.2) is 5.78 Å². The van der Waals surface area contributed by atoms with E-state index in [1.165, 1.54) is 33.9 Å². The summed E-state index contributed by atoms with van der Waals surface area (Å²) in [5, 5.41) is 3.15. The molecule has 0 saturated carbocycles. The summed E-state index contributed by atoms with van der Waals surface area (Å²) in [7, 11) is 0. The van der Waals surface area contributed by atoms with Crippen LogP contribution in [0, 0.1) is 5.82 Å². The number of hydrogen-bond donors (Lipinski definition) is 1. The van der Waals surface area contributed by atoms with Gasteiger partial charge in [0.25, 0.3) is 5.56 Å². The number of nitrogens with zero attached hydrogens (tertiary/aromatic N) is 3. The number of nitrogens with one attached hydrogen (secondary N) is 1. The quantitative estimate of drug-likeness (QED) is 0.413. The number of pyridine rings is 2. The molecule has 3 heterocycles. The summed E-state index contributed by atoms with van der Waals surface area (Å²) in [6.45, 7) is 0.227. The monoisotopic (exact) mass is 516 g/mol. The first-order valence-electron chi connectivity index (χ1n) is 11.6. The van der Waals surface area contributed by atoms with Gasteiger partial charge in [0, 0.05) is 37.8 Å². The summed E-state index contributed by atoms with van der Waals surface area (Å²) < 4.78 is 16.4. The Kier molecular flexibility index (Phi) is 6.83. The van der Waals surface area contributed by atoms with E-state index in [1.807, 2.05) is 24.3 Å². The van der Waals surface area contributed by atoms with Crippen LogP contribution in [-0.2, 0) is 24.2 Å². The number of amides is 2. The first-order chi connectivity index (χ1) is 17.9. The van der Waals surface area contributed by atoms with Crippen molar-refractivity contribution in [3.8, 4) is 5.69 Å². The lowest BCUT2D eigenvalue weighted by Gasteiger charge is -2.36. The van der Waals surface area contributed by atoms with E-state index in [9.17, 15) is 14.4 Å². The normalized spacial score (nSPS) is 14.6. The van der Waals surface area contributed by atoms with E-state index in [0.717, 1.165) is 11.1 Å². The van der Waals surface area contributed by atoms with Crippen LogP contribution in [0.5, 0.6) is 0 Å². The standard InChI is InChI=1S/C28H22ClFN4O3/c29-21-9-11-26(31-16-21)32-28(37)34-17-20-6-2-1-5-18(20)13-24(34)25(35)14-19-8-10-22(15-23(19)30)33-12-4-3-7-27(33)36/h1-12,15-16,24H,13-14,17H2,(H,31,32,37)/t24-/m1/s1. The molecule has 0 bridgehead atoms. The molecule has 186 valence electrons. The molecule has 0 fully saturated rings. The molecular weight excluding hydrogens is 495 g/mol. The Hall–Kier alpha value is -4.30. The van der Waals surface area contributed by atoms with Gasteiger partial charge in [-0.1, -0.05) is 48.0 Å². The maximum absolute atomic E-state index is 15.0. The number of urea groups is 1. The molecule has 0 saturated heterocycles. The predicted molar refractivity (Wildman–Crippen MR) is 138 cm³/mol. The Morgan fingerprint density at radius 2 is 1.81 bits per heavy atom. The molecule has 0 unspecified atom stereocenters. The van der Waals surface area contributed by atoms with Crippen molar-refractivity contribution in [2.24, 2.45) is 0 Å². The van der Waals surface area contributed by atoms with Crippen LogP contribution in [0.4, 0.5) is 15.0 Å². The molecule has 9 heteroatoms. The molecule has 4 aromatic rings. The summed E-state index contributed by atoms with van der Waals surface area (Å²) >= 11 is 5.88. The number of rotatable bonds is 5. The van der Waals surface area contributed by atoms with Crippen LogP contribution in [-0.4, -0.2) is 32.3 Å². The molecule has 37 heavy (non-hydrogen) atoms. The minimum atomic E-state index is -0.794. The van der Waals surface area contributed by atoms with Crippen LogP contribution >= 0.6 is 11.6 Å². The van der Waals surface area contributed by atoms with Crippen molar-refractivity contribution < 1.29 is 14.0 Å². The molecule has 2 amide bonds. The highest BCUT2D eigenvalue weighted by Gasteiger charge is 2.35. The van der Waals surface area contributed by atoms with Gasteiger partial charge in [-0.2, -0.15) is 0 Å². The van der Waals surface area contributed by atoms with Gasteiger partial charge in [-0.3, -0.25) is 19.5 Å². The van der Waals surface area contributed by atoms with Crippen molar-refractivity contribution >= 4 is 29.2 Å². The second-order valence-electron chi connectivity index (χ2n) is 8.74. The minimum absolute atomic E-state index is 0.191. The Balaban J connectivity index is 1.39. The van der Waals surface area contributed by atoms with Crippen LogP contribution in [0.25, 0.3) is 5.69 Å². The summed E-state index contributed by atoms with van der Waals surface area (Å²) in [4.78, 5) is 44.3. The van der Waals surface area contributed by atoms with Crippen LogP contribution in [0.15, 0.2) is 90.0 Å². The number of aromatic nitrogens is 2. The molecule has 2 aromatic carbocycles. The van der Waals surface area contributed by atoms with Crippen molar-refractivity contribution in [1.29, 1.82) is 0 Å². The van der Waals surface area contributed by atoms with E-state index >= 15 is 4.39 Å². The molecule has 7 nitrogen and oxygen atoms in total. The zero-order chi connectivity index (χ0) is 25.9. The van der Waals surface area contributed by atoms with Gasteiger partial charge in [0.05, 0.1) is 16.8 Å². The number of benzene rings is 2. The fourth-order valence-electron chi connectivity index (χ4n) is 4.43. The van der Waals surface area contributed by atoms with Gasteiger partial charge >= 0.3 is 6.03 Å². The predicted octanol–water partition coefficient (Wildman–Crippen LogP) is 4.80. The second kappa shape index (κ2) is 10.4. The largest absolute Gasteiger partial charge is 0.323 e. The molecule has 0 spiro atoms. The van der Waals surface area contributed by atoms with Crippen LogP contribution in [0.2, 0.25) is 5.02 Å². The Morgan fingerprint density at radius 3 is 2.54 bits per heavy atom. The van der Waals surface area contributed by atoms with E-state index in [4.69, 9.17) is 11.6 Å². The molecule has 0 radical (unpaired) electrons. The summed E-state index contributed by atoms with van der Waals surface area (Å²) in [5.74, 6) is -0.589. The smallest absolute Gasteiger partial charge is 0.310 e. The zero-order valence-electron chi connectivity index (χ0n) is 19.6. The molecular formula is C28H22ClFN4O3. The van der Waals surface area contributed by atoms with Gasteiger partial charge in [-0.05, 0) is 47.0 Å². The lowest BCUT2D eigenvalue weighted by molar-refractivity contribution is -0.123. The first kappa shape index (κ1) is 24.4.